The molecule has 2 fully saturated rings. The summed E-state index contributed by atoms with van der Waals surface area (Å²) < 4.78 is 43.2. The van der Waals surface area contributed by atoms with E-state index in [2.05, 4.69) is 41.8 Å². The fraction of sp³-hybridized carbons (Fsp3) is 0.605. The van der Waals surface area contributed by atoms with Gasteiger partial charge >= 0.3 is 0 Å². The first-order valence-electron chi connectivity index (χ1n) is 19.4. The van der Waals surface area contributed by atoms with Gasteiger partial charge in [-0.25, -0.2) is 14.6 Å². The second-order valence-corrected chi connectivity index (χ2v) is 13.7. The van der Waals surface area contributed by atoms with Crippen LogP contribution < -0.4 is 14.8 Å². The van der Waals surface area contributed by atoms with Crippen molar-refractivity contribution in [2.45, 2.75) is 63.8 Å². The topological polar surface area (TPSA) is 191 Å². The van der Waals surface area contributed by atoms with E-state index in [0.29, 0.717) is 101 Å². The van der Waals surface area contributed by atoms with E-state index in [-0.39, 0.29) is 12.1 Å². The Morgan fingerprint density at radius 2 is 1.62 bits per heavy atom. The summed E-state index contributed by atoms with van der Waals surface area (Å²) >= 11 is 0. The Balaban J connectivity index is 1.05. The normalized spacial score (nSPS) is 18.0. The second kappa shape index (κ2) is 22.1. The molecule has 4 heterocycles. The van der Waals surface area contributed by atoms with Gasteiger partial charge in [0.25, 0.3) is 5.88 Å². The smallest absolute Gasteiger partial charge is 0.256 e. The molecule has 18 nitrogen and oxygen atoms in total. The summed E-state index contributed by atoms with van der Waals surface area (Å²) in [5.74, 6) is 1.36. The van der Waals surface area contributed by atoms with Gasteiger partial charge in [-0.1, -0.05) is 6.07 Å². The molecule has 0 amide bonds. The van der Waals surface area contributed by atoms with Crippen molar-refractivity contribution in [3.05, 3.63) is 48.7 Å². The zero-order valence-corrected chi connectivity index (χ0v) is 32.3. The number of morpholine rings is 1. The Kier molecular flexibility index (Phi) is 16.1. The highest BCUT2D eigenvalue weighted by molar-refractivity contribution is 5.67. The number of rotatable bonds is 23. The van der Waals surface area contributed by atoms with Gasteiger partial charge in [-0.2, -0.15) is 5.26 Å². The second-order valence-electron chi connectivity index (χ2n) is 13.7. The number of nitriles is 1. The molecule has 0 spiro atoms. The van der Waals surface area contributed by atoms with E-state index in [9.17, 15) is 5.26 Å². The first kappa shape index (κ1) is 40.9. The SMILES string of the molecule is COCCOCCOCCOCCCOc1nn(C2CCC(N3CCOCC3)CC2)cc1Nc1ncc(-c2ccc(C#N)c(O[C@@H](C)Cn3cnnn3)c2)cn1. The fourth-order valence-electron chi connectivity index (χ4n) is 6.73. The minimum atomic E-state index is -0.282. The Morgan fingerprint density at radius 1 is 0.911 bits per heavy atom. The van der Waals surface area contributed by atoms with Crippen molar-refractivity contribution in [1.82, 2.24) is 44.9 Å². The number of tetrazole rings is 1. The molecule has 1 saturated heterocycles. The van der Waals surface area contributed by atoms with Gasteiger partial charge < -0.3 is 38.5 Å². The van der Waals surface area contributed by atoms with Crippen molar-refractivity contribution in [2.75, 3.05) is 91.6 Å². The Hall–Kier alpha value is -4.77. The van der Waals surface area contributed by atoms with Crippen molar-refractivity contribution >= 4 is 11.6 Å². The number of methoxy groups -OCH3 is 1. The Morgan fingerprint density at radius 3 is 2.32 bits per heavy atom. The maximum absolute atomic E-state index is 9.71. The summed E-state index contributed by atoms with van der Waals surface area (Å²) in [5.41, 5.74) is 2.70. The highest BCUT2D eigenvalue weighted by Gasteiger charge is 2.29. The third-order valence-corrected chi connectivity index (χ3v) is 9.65. The van der Waals surface area contributed by atoms with Crippen LogP contribution in [0.4, 0.5) is 11.6 Å². The zero-order valence-electron chi connectivity index (χ0n) is 32.3. The first-order valence-corrected chi connectivity index (χ1v) is 19.4. The molecule has 6 rings (SSSR count). The molecule has 1 aromatic carbocycles. The number of nitrogens with one attached hydrogen (secondary N) is 1. The third kappa shape index (κ3) is 12.4. The third-order valence-electron chi connectivity index (χ3n) is 9.65. The van der Waals surface area contributed by atoms with Gasteiger partial charge in [0.05, 0.1) is 83.8 Å². The van der Waals surface area contributed by atoms with Crippen LogP contribution in [0.2, 0.25) is 0 Å². The van der Waals surface area contributed by atoms with Crippen LogP contribution in [0.25, 0.3) is 11.1 Å². The van der Waals surface area contributed by atoms with Crippen molar-refractivity contribution in [1.29, 1.82) is 5.26 Å². The van der Waals surface area contributed by atoms with Crippen molar-refractivity contribution in [3.63, 3.8) is 0 Å². The van der Waals surface area contributed by atoms with Gasteiger partial charge in [-0.15, -0.1) is 10.2 Å². The summed E-state index contributed by atoms with van der Waals surface area (Å²) in [6.45, 7) is 10.1. The van der Waals surface area contributed by atoms with E-state index >= 15 is 0 Å². The van der Waals surface area contributed by atoms with Crippen LogP contribution in [0.3, 0.4) is 0 Å². The van der Waals surface area contributed by atoms with Gasteiger partial charge in [0, 0.05) is 57.2 Å². The number of aromatic nitrogens is 8. The van der Waals surface area contributed by atoms with Gasteiger partial charge in [0.15, 0.2) is 0 Å². The minimum Gasteiger partial charge on any atom is -0.487 e. The highest BCUT2D eigenvalue weighted by atomic mass is 16.6. The van der Waals surface area contributed by atoms with Crippen LogP contribution in [0.1, 0.15) is 50.6 Å². The lowest BCUT2D eigenvalue weighted by Gasteiger charge is -2.38. The maximum atomic E-state index is 9.71. The molecule has 2 aliphatic rings. The van der Waals surface area contributed by atoms with Gasteiger partial charge in [-0.05, 0) is 60.7 Å². The van der Waals surface area contributed by atoms with Crippen LogP contribution >= 0.6 is 0 Å². The predicted molar refractivity (Wildman–Crippen MR) is 204 cm³/mol. The van der Waals surface area contributed by atoms with Crippen molar-refractivity contribution in [3.8, 4) is 28.8 Å². The molecule has 302 valence electrons. The lowest BCUT2D eigenvalue weighted by molar-refractivity contribution is 0.00242. The molecule has 3 aromatic heterocycles. The molecule has 0 bridgehead atoms. The maximum Gasteiger partial charge on any atom is 0.256 e. The first-order chi connectivity index (χ1) is 27.6. The zero-order chi connectivity index (χ0) is 38.8. The van der Waals surface area contributed by atoms with Crippen LogP contribution in [-0.2, 0) is 30.2 Å². The number of benzene rings is 1. The van der Waals surface area contributed by atoms with Crippen LogP contribution in [0.15, 0.2) is 43.1 Å². The van der Waals surface area contributed by atoms with Crippen molar-refractivity contribution < 1.29 is 33.2 Å². The summed E-state index contributed by atoms with van der Waals surface area (Å²) in [6, 6.07) is 8.46. The number of ether oxygens (including phenoxy) is 7. The molecular weight excluding hydrogens is 722 g/mol. The molecule has 0 radical (unpaired) electrons. The largest absolute Gasteiger partial charge is 0.487 e. The standard InChI is InChI=1S/C38H53N11O7/c1-29(26-48-28-42-45-46-48)56-36-22-30(4-5-31(36)23-39)32-24-40-38(41-25-32)43-35-27-49(34-8-6-33(7-9-34)47-10-14-52-15-11-47)44-37(35)55-13-3-12-51-18-19-54-21-20-53-17-16-50-2/h4-5,22,24-25,27-29,33-34H,3,6-21,26H2,1-2H3,(H,40,41,43)/t29-,33?,34?/m0/s1. The number of hydrogen-bond donors (Lipinski definition) is 1. The average Bonchev–Trinajstić information content (AvgIpc) is 3.90. The van der Waals surface area contributed by atoms with E-state index in [1.54, 1.807) is 30.3 Å². The summed E-state index contributed by atoms with van der Waals surface area (Å²) in [4.78, 5) is 11.8. The summed E-state index contributed by atoms with van der Waals surface area (Å²) in [6.07, 6.45) is 11.7. The van der Waals surface area contributed by atoms with Gasteiger partial charge in [-0.3, -0.25) is 9.58 Å². The molecule has 1 aliphatic heterocycles. The van der Waals surface area contributed by atoms with Crippen molar-refractivity contribution in [2.24, 2.45) is 0 Å². The van der Waals surface area contributed by atoms with E-state index < -0.39 is 0 Å². The number of hydrogen-bond acceptors (Lipinski definition) is 16. The molecule has 1 aliphatic carbocycles. The van der Waals surface area contributed by atoms with E-state index in [4.69, 9.17) is 38.3 Å². The van der Waals surface area contributed by atoms with E-state index in [0.717, 1.165) is 63.1 Å². The van der Waals surface area contributed by atoms with Crippen LogP contribution in [-0.4, -0.2) is 143 Å². The molecule has 1 saturated carbocycles. The Bertz CT molecular complexity index is 1760. The van der Waals surface area contributed by atoms with Crippen LogP contribution in [0.5, 0.6) is 11.6 Å². The number of anilines is 2. The number of nitrogens with zero attached hydrogens (tertiary/aromatic N) is 10. The van der Waals surface area contributed by atoms with E-state index in [1.807, 2.05) is 29.9 Å². The predicted octanol–water partition coefficient (Wildman–Crippen LogP) is 3.69. The van der Waals surface area contributed by atoms with Crippen LogP contribution in [0, 0.1) is 11.3 Å². The molecule has 1 atom stereocenters. The molecule has 56 heavy (non-hydrogen) atoms. The molecular formula is C38H53N11O7. The van der Waals surface area contributed by atoms with Gasteiger partial charge in [0.2, 0.25) is 5.95 Å². The summed E-state index contributed by atoms with van der Waals surface area (Å²) in [7, 11) is 1.65. The molecule has 18 heteroatoms. The lowest BCUT2D eigenvalue weighted by Crippen LogP contribution is -2.45. The Labute approximate surface area is 327 Å². The molecule has 0 unspecified atom stereocenters. The average molecular weight is 776 g/mol. The van der Waals surface area contributed by atoms with Gasteiger partial charge in [0.1, 0.15) is 29.9 Å². The lowest BCUT2D eigenvalue weighted by atomic mass is 9.90. The quantitative estimate of drug-likeness (QED) is 0.107. The molecule has 1 N–H and O–H groups in total. The molecule has 4 aromatic rings. The summed E-state index contributed by atoms with van der Waals surface area (Å²) in [5, 5.41) is 29.2. The highest BCUT2D eigenvalue weighted by Crippen LogP contribution is 2.35. The minimum absolute atomic E-state index is 0.269. The monoisotopic (exact) mass is 775 g/mol. The fourth-order valence-corrected chi connectivity index (χ4v) is 6.73. The van der Waals surface area contributed by atoms with E-state index in [1.165, 1.54) is 6.33 Å².